The number of hydrogen-bond acceptors (Lipinski definition) is 5. The third-order valence-corrected chi connectivity index (χ3v) is 8.12. The van der Waals surface area contributed by atoms with Gasteiger partial charge in [0, 0.05) is 29.6 Å². The second-order valence-corrected chi connectivity index (χ2v) is 12.4. The Morgan fingerprint density at radius 2 is 1.81 bits per heavy atom. The summed E-state index contributed by atoms with van der Waals surface area (Å²) in [5, 5.41) is 3.91. The predicted octanol–water partition coefficient (Wildman–Crippen LogP) is 6.86. The number of nitrogens with one attached hydrogen (secondary N) is 2. The summed E-state index contributed by atoms with van der Waals surface area (Å²) in [5.41, 5.74) is 6.69. The van der Waals surface area contributed by atoms with Crippen molar-refractivity contribution < 1.29 is 14.3 Å². The maximum Gasteiger partial charge on any atom is 0.419 e. The van der Waals surface area contributed by atoms with Crippen LogP contribution in [0.1, 0.15) is 61.5 Å². The molecule has 2 aromatic heterocycles. The van der Waals surface area contributed by atoms with Crippen LogP contribution in [0.4, 0.5) is 4.79 Å². The third kappa shape index (κ3) is 4.86. The Morgan fingerprint density at radius 3 is 2.60 bits per heavy atom. The lowest BCUT2D eigenvalue weighted by atomic mass is 9.96. The molecule has 5 aromatic rings. The molecule has 0 aliphatic carbocycles. The molecular formula is C34H35N5O3. The molecule has 214 valence electrons. The zero-order valence-corrected chi connectivity index (χ0v) is 24.3. The number of para-hydroxylation sites is 2. The van der Waals surface area contributed by atoms with E-state index in [1.165, 1.54) is 24.8 Å². The van der Waals surface area contributed by atoms with E-state index in [0.717, 1.165) is 52.7 Å². The van der Waals surface area contributed by atoms with Gasteiger partial charge in [-0.05, 0) is 100 Å². The van der Waals surface area contributed by atoms with E-state index >= 15 is 0 Å². The van der Waals surface area contributed by atoms with Gasteiger partial charge in [0.25, 0.3) is 5.91 Å². The maximum atomic E-state index is 13.8. The van der Waals surface area contributed by atoms with Gasteiger partial charge in [-0.25, -0.2) is 14.3 Å². The van der Waals surface area contributed by atoms with Crippen molar-refractivity contribution >= 4 is 33.9 Å². The number of fused-ring (bicyclic) bond motifs is 3. The highest BCUT2D eigenvalue weighted by Crippen LogP contribution is 2.38. The lowest BCUT2D eigenvalue weighted by Gasteiger charge is -2.26. The Bertz CT molecular complexity index is 1820. The van der Waals surface area contributed by atoms with Gasteiger partial charge in [0.05, 0.1) is 27.8 Å². The second kappa shape index (κ2) is 10.1. The Balaban J connectivity index is 1.40. The summed E-state index contributed by atoms with van der Waals surface area (Å²) in [6.45, 7) is 9.10. The molecule has 1 amide bonds. The summed E-state index contributed by atoms with van der Waals surface area (Å²) in [6.07, 6.45) is 3.28. The SMILES string of the molecule is CC(C)(C)OC(=O)n1c(-c2cc(-c3nc4ccccc4[nH]3)cc3c2C(=O)NC3)cc2cc(CN3CCCCC3)ccc21. The Labute approximate surface area is 244 Å². The number of hydrogen-bond donors (Lipinski definition) is 2. The van der Waals surface area contributed by atoms with E-state index in [9.17, 15) is 9.59 Å². The van der Waals surface area contributed by atoms with Crippen molar-refractivity contribution in [1.82, 2.24) is 24.8 Å². The number of carbonyl (C=O) groups is 2. The van der Waals surface area contributed by atoms with Crippen molar-refractivity contribution in [3.8, 4) is 22.6 Å². The minimum atomic E-state index is -0.686. The highest BCUT2D eigenvalue weighted by molar-refractivity contribution is 6.07. The molecule has 8 heteroatoms. The van der Waals surface area contributed by atoms with E-state index in [-0.39, 0.29) is 5.91 Å². The van der Waals surface area contributed by atoms with Crippen molar-refractivity contribution in [2.45, 2.75) is 58.7 Å². The lowest BCUT2D eigenvalue weighted by Crippen LogP contribution is -2.29. The summed E-state index contributed by atoms with van der Waals surface area (Å²) >= 11 is 0. The summed E-state index contributed by atoms with van der Waals surface area (Å²) in [6, 6.07) is 20.2. The molecule has 3 aromatic carbocycles. The monoisotopic (exact) mass is 561 g/mol. The van der Waals surface area contributed by atoms with Gasteiger partial charge < -0.3 is 15.0 Å². The molecule has 4 heterocycles. The van der Waals surface area contributed by atoms with Crippen molar-refractivity contribution in [1.29, 1.82) is 0 Å². The van der Waals surface area contributed by atoms with Crippen molar-refractivity contribution in [3.05, 3.63) is 77.4 Å². The second-order valence-electron chi connectivity index (χ2n) is 12.4. The first-order valence-electron chi connectivity index (χ1n) is 14.7. The van der Waals surface area contributed by atoms with Crippen LogP contribution in [0, 0.1) is 0 Å². The van der Waals surface area contributed by atoms with Gasteiger partial charge in [-0.15, -0.1) is 0 Å². The van der Waals surface area contributed by atoms with Gasteiger partial charge in [0.1, 0.15) is 11.4 Å². The molecule has 7 rings (SSSR count). The van der Waals surface area contributed by atoms with Gasteiger partial charge >= 0.3 is 6.09 Å². The topological polar surface area (TPSA) is 92.2 Å². The number of ether oxygens (including phenoxy) is 1. The van der Waals surface area contributed by atoms with Crippen molar-refractivity contribution in [2.75, 3.05) is 13.1 Å². The van der Waals surface area contributed by atoms with Gasteiger partial charge in [-0.1, -0.05) is 24.6 Å². The number of likely N-dealkylation sites (tertiary alicyclic amines) is 1. The number of aromatic nitrogens is 3. The molecular weight excluding hydrogens is 526 g/mol. The highest BCUT2D eigenvalue weighted by Gasteiger charge is 2.30. The van der Waals surface area contributed by atoms with Crippen LogP contribution in [0.5, 0.6) is 0 Å². The summed E-state index contributed by atoms with van der Waals surface area (Å²) < 4.78 is 7.52. The number of carbonyl (C=O) groups excluding carboxylic acids is 2. The van der Waals surface area contributed by atoms with E-state index in [0.29, 0.717) is 29.2 Å². The first-order valence-corrected chi connectivity index (χ1v) is 14.7. The number of imidazole rings is 1. The molecule has 2 N–H and O–H groups in total. The average Bonchev–Trinajstić information content (AvgIpc) is 3.67. The first kappa shape index (κ1) is 26.5. The molecule has 0 spiro atoms. The molecule has 0 saturated carbocycles. The predicted molar refractivity (Wildman–Crippen MR) is 164 cm³/mol. The van der Waals surface area contributed by atoms with Crippen LogP contribution in [-0.2, 0) is 17.8 Å². The molecule has 0 unspecified atom stereocenters. The number of piperidine rings is 1. The van der Waals surface area contributed by atoms with Crippen LogP contribution < -0.4 is 5.32 Å². The van der Waals surface area contributed by atoms with Crippen LogP contribution in [-0.4, -0.2) is 50.1 Å². The molecule has 0 atom stereocenters. The molecule has 1 saturated heterocycles. The maximum absolute atomic E-state index is 13.8. The average molecular weight is 562 g/mol. The number of H-pyrrole nitrogens is 1. The lowest BCUT2D eigenvalue weighted by molar-refractivity contribution is 0.0547. The molecule has 2 aliphatic heterocycles. The fourth-order valence-electron chi connectivity index (χ4n) is 6.24. The minimum absolute atomic E-state index is 0.150. The number of rotatable bonds is 4. The standard InChI is InChI=1S/C34H35N5O3/c1-34(2,3)42-33(41)39-28-12-11-21(20-38-13-7-4-8-14-38)15-22(28)18-29(39)25-17-23(16-24-19-35-32(40)30(24)25)31-36-26-9-5-6-10-27(26)37-31/h5-6,9-12,15-18H,4,7-8,13-14,19-20H2,1-3H3,(H,35,40)(H,36,37). The molecule has 42 heavy (non-hydrogen) atoms. The van der Waals surface area contributed by atoms with Crippen LogP contribution in [0.3, 0.4) is 0 Å². The van der Waals surface area contributed by atoms with Gasteiger partial charge in [0.2, 0.25) is 0 Å². The summed E-state index contributed by atoms with van der Waals surface area (Å²) in [7, 11) is 0. The van der Waals surface area contributed by atoms with Gasteiger partial charge in [-0.3, -0.25) is 9.69 Å². The van der Waals surface area contributed by atoms with Crippen LogP contribution in [0.15, 0.2) is 60.7 Å². The Kier molecular flexibility index (Phi) is 6.39. The zero-order chi connectivity index (χ0) is 29.0. The minimum Gasteiger partial charge on any atom is -0.443 e. The Hall–Kier alpha value is -4.43. The van der Waals surface area contributed by atoms with Crippen LogP contribution in [0.25, 0.3) is 44.6 Å². The number of aromatic amines is 1. The fraction of sp³-hybridized carbons (Fsp3) is 0.324. The summed E-state index contributed by atoms with van der Waals surface area (Å²) in [5.74, 6) is 0.561. The summed E-state index contributed by atoms with van der Waals surface area (Å²) in [4.78, 5) is 37.7. The highest BCUT2D eigenvalue weighted by atomic mass is 16.6. The van der Waals surface area contributed by atoms with Crippen molar-refractivity contribution in [3.63, 3.8) is 0 Å². The normalized spacial score (nSPS) is 15.7. The van der Waals surface area contributed by atoms with E-state index in [4.69, 9.17) is 9.72 Å². The molecule has 0 bridgehead atoms. The van der Waals surface area contributed by atoms with E-state index < -0.39 is 11.7 Å². The molecule has 2 aliphatic rings. The third-order valence-electron chi connectivity index (χ3n) is 8.12. The van der Waals surface area contributed by atoms with Gasteiger partial charge in [0.15, 0.2) is 0 Å². The van der Waals surface area contributed by atoms with Crippen LogP contribution in [0.2, 0.25) is 0 Å². The zero-order valence-electron chi connectivity index (χ0n) is 24.3. The fourth-order valence-corrected chi connectivity index (χ4v) is 6.24. The van der Waals surface area contributed by atoms with E-state index in [1.54, 1.807) is 4.57 Å². The smallest absolute Gasteiger partial charge is 0.419 e. The van der Waals surface area contributed by atoms with Crippen LogP contribution >= 0.6 is 0 Å². The molecule has 1 fully saturated rings. The largest absolute Gasteiger partial charge is 0.443 e. The van der Waals surface area contributed by atoms with Crippen molar-refractivity contribution in [2.24, 2.45) is 0 Å². The molecule has 8 nitrogen and oxygen atoms in total. The number of benzene rings is 3. The molecule has 0 radical (unpaired) electrons. The quantitative estimate of drug-likeness (QED) is 0.250. The Morgan fingerprint density at radius 1 is 1.00 bits per heavy atom. The van der Waals surface area contributed by atoms with E-state index in [2.05, 4.69) is 27.3 Å². The van der Waals surface area contributed by atoms with Gasteiger partial charge in [-0.2, -0.15) is 0 Å². The first-order chi connectivity index (χ1) is 20.2. The number of amides is 1. The van der Waals surface area contributed by atoms with E-state index in [1.807, 2.05) is 69.3 Å². The number of nitrogens with zero attached hydrogens (tertiary/aromatic N) is 3.